The van der Waals surface area contributed by atoms with Crippen LogP contribution in [-0.2, 0) is 16.1 Å². The van der Waals surface area contributed by atoms with Crippen LogP contribution in [-0.4, -0.2) is 21.8 Å². The number of Topliss-reactive ketones (excluding diaryl/α,β-unsaturated/α-hetero) is 1. The number of thiazole rings is 1. The smallest absolute Gasteiger partial charge is 0.269 e. The van der Waals surface area contributed by atoms with E-state index in [0.717, 1.165) is 4.88 Å². The van der Waals surface area contributed by atoms with Gasteiger partial charge in [-0.15, -0.1) is 22.7 Å². The van der Waals surface area contributed by atoms with Gasteiger partial charge in [0.05, 0.1) is 4.53 Å². The first-order valence-corrected chi connectivity index (χ1v) is 10.4. The molecule has 2 heterocycles. The second-order valence-corrected chi connectivity index (χ2v) is 10.5. The number of aromatic nitrogens is 1. The lowest BCUT2D eigenvalue weighted by atomic mass is 9.91. The van der Waals surface area contributed by atoms with E-state index in [-0.39, 0.29) is 23.8 Å². The van der Waals surface area contributed by atoms with Crippen LogP contribution < -0.4 is 20.1 Å². The fraction of sp³-hybridized carbons (Fsp3) is 0.450. The molecular formula is C20H26N2O3S2. The van der Waals surface area contributed by atoms with Crippen LogP contribution in [0.1, 0.15) is 46.4 Å². The number of thiophene rings is 1. The van der Waals surface area contributed by atoms with Crippen LogP contribution in [0.2, 0.25) is 0 Å². The molecule has 146 valence electrons. The van der Waals surface area contributed by atoms with Gasteiger partial charge in [-0.1, -0.05) is 26.8 Å². The summed E-state index contributed by atoms with van der Waals surface area (Å²) >= 11 is 2.76. The highest BCUT2D eigenvalue weighted by molar-refractivity contribution is 7.11. The molecular weight excluding hydrogens is 380 g/mol. The zero-order valence-corrected chi connectivity index (χ0v) is 18.2. The van der Waals surface area contributed by atoms with Gasteiger partial charge in [-0.3, -0.25) is 19.0 Å². The summed E-state index contributed by atoms with van der Waals surface area (Å²) in [6, 6.07) is 3.83. The van der Waals surface area contributed by atoms with Crippen LogP contribution in [0.25, 0.3) is 12.2 Å². The van der Waals surface area contributed by atoms with Crippen molar-refractivity contribution in [3.63, 3.8) is 0 Å². The summed E-state index contributed by atoms with van der Waals surface area (Å²) in [5.74, 6) is -0.348. The van der Waals surface area contributed by atoms with Gasteiger partial charge in [-0.2, -0.15) is 0 Å². The summed E-state index contributed by atoms with van der Waals surface area (Å²) in [5.41, 5.74) is -1.21. The maximum Gasteiger partial charge on any atom is 0.269 e. The Hall–Kier alpha value is -1.99. The normalized spacial score (nSPS) is 13.9. The molecule has 0 aliphatic rings. The predicted molar refractivity (Wildman–Crippen MR) is 113 cm³/mol. The zero-order valence-electron chi connectivity index (χ0n) is 16.6. The molecule has 0 aromatic carbocycles. The molecule has 1 amide bonds. The van der Waals surface area contributed by atoms with Gasteiger partial charge in [0, 0.05) is 21.9 Å². The van der Waals surface area contributed by atoms with Gasteiger partial charge in [0.15, 0.2) is 5.78 Å². The third-order valence-electron chi connectivity index (χ3n) is 3.56. The van der Waals surface area contributed by atoms with Crippen molar-refractivity contribution in [2.75, 3.05) is 0 Å². The fourth-order valence-corrected chi connectivity index (χ4v) is 3.99. The lowest BCUT2D eigenvalue weighted by Crippen LogP contribution is -2.45. The fourth-order valence-electron chi connectivity index (χ4n) is 2.23. The molecule has 5 nitrogen and oxygen atoms in total. The highest BCUT2D eigenvalue weighted by Gasteiger charge is 2.20. The zero-order chi connectivity index (χ0) is 20.4. The van der Waals surface area contributed by atoms with Gasteiger partial charge in [-0.25, -0.2) is 0 Å². The third kappa shape index (κ3) is 6.01. The van der Waals surface area contributed by atoms with Crippen LogP contribution in [0.5, 0.6) is 0 Å². The molecule has 0 aliphatic heterocycles. The second kappa shape index (κ2) is 7.94. The Labute approximate surface area is 167 Å². The molecule has 27 heavy (non-hydrogen) atoms. The van der Waals surface area contributed by atoms with Crippen LogP contribution in [0.4, 0.5) is 0 Å². The van der Waals surface area contributed by atoms with Crippen molar-refractivity contribution in [3.8, 4) is 0 Å². The number of hydrogen-bond acceptors (Lipinski definition) is 5. The Bertz CT molecular complexity index is 998. The lowest BCUT2D eigenvalue weighted by Gasteiger charge is -2.20. The number of carbonyl (C=O) groups is 2. The number of ketones is 1. The van der Waals surface area contributed by atoms with Crippen molar-refractivity contribution < 1.29 is 9.59 Å². The molecule has 0 bridgehead atoms. The molecule has 7 heteroatoms. The van der Waals surface area contributed by atoms with Crippen molar-refractivity contribution in [1.82, 2.24) is 9.88 Å². The summed E-state index contributed by atoms with van der Waals surface area (Å²) in [6.07, 6.45) is 3.27. The van der Waals surface area contributed by atoms with Crippen molar-refractivity contribution in [1.29, 1.82) is 0 Å². The summed E-state index contributed by atoms with van der Waals surface area (Å²) in [6.45, 7) is 11.0. The Morgan fingerprint density at radius 3 is 2.37 bits per heavy atom. The van der Waals surface area contributed by atoms with E-state index < -0.39 is 11.0 Å². The maximum absolute atomic E-state index is 12.9. The van der Waals surface area contributed by atoms with Gasteiger partial charge in [0.1, 0.15) is 11.2 Å². The first-order chi connectivity index (χ1) is 12.4. The van der Waals surface area contributed by atoms with Gasteiger partial charge in [0.2, 0.25) is 5.91 Å². The Morgan fingerprint density at radius 1 is 1.19 bits per heavy atom. The average molecular weight is 407 g/mol. The molecule has 0 fully saturated rings. The van der Waals surface area contributed by atoms with E-state index in [9.17, 15) is 14.4 Å². The number of nitrogens with one attached hydrogen (secondary N) is 1. The molecule has 2 aromatic rings. The van der Waals surface area contributed by atoms with E-state index in [1.165, 1.54) is 33.3 Å². The SMILES string of the molecule is CC(C)(C)NC(=O)Cn1c(=CC(=O)C(C)(C)C)sc(=Cc2cccs2)c1=O. The lowest BCUT2D eigenvalue weighted by molar-refractivity contribution is -0.123. The average Bonchev–Trinajstić information content (AvgIpc) is 3.09. The van der Waals surface area contributed by atoms with Gasteiger partial charge in [0.25, 0.3) is 5.56 Å². The molecule has 0 spiro atoms. The van der Waals surface area contributed by atoms with Crippen LogP contribution in [0.3, 0.4) is 0 Å². The topological polar surface area (TPSA) is 68.2 Å². The summed E-state index contributed by atoms with van der Waals surface area (Å²) in [7, 11) is 0. The minimum absolute atomic E-state index is 0.0867. The number of carbonyl (C=O) groups excluding carboxylic acids is 2. The highest BCUT2D eigenvalue weighted by atomic mass is 32.1. The molecule has 0 radical (unpaired) electrons. The number of hydrogen-bond donors (Lipinski definition) is 1. The first-order valence-electron chi connectivity index (χ1n) is 8.69. The second-order valence-electron chi connectivity index (χ2n) is 8.41. The van der Waals surface area contributed by atoms with Gasteiger partial charge in [-0.05, 0) is 38.3 Å². The van der Waals surface area contributed by atoms with Crippen LogP contribution in [0, 0.1) is 5.41 Å². The standard InChI is InChI=1S/C20H26N2O3S2/c1-19(2,3)15(23)11-17-22(12-16(24)21-20(4,5)6)18(25)14(27-17)10-13-8-7-9-26-13/h7-11H,12H2,1-6H3,(H,21,24). The van der Waals surface area contributed by atoms with Crippen LogP contribution >= 0.6 is 22.7 Å². The molecule has 2 rings (SSSR count). The number of rotatable bonds is 4. The molecule has 0 saturated carbocycles. The maximum atomic E-state index is 12.9. The summed E-state index contributed by atoms with van der Waals surface area (Å²) in [5, 5.41) is 4.79. The summed E-state index contributed by atoms with van der Waals surface area (Å²) < 4.78 is 2.38. The van der Waals surface area contributed by atoms with E-state index in [1.807, 2.05) is 59.1 Å². The highest BCUT2D eigenvalue weighted by Crippen LogP contribution is 2.15. The van der Waals surface area contributed by atoms with E-state index in [4.69, 9.17) is 0 Å². The van der Waals surface area contributed by atoms with E-state index in [0.29, 0.717) is 9.20 Å². The predicted octanol–water partition coefficient (Wildman–Crippen LogP) is 2.11. The van der Waals surface area contributed by atoms with Crippen molar-refractivity contribution in [3.05, 3.63) is 41.9 Å². The number of nitrogens with zero attached hydrogens (tertiary/aromatic N) is 1. The van der Waals surface area contributed by atoms with E-state index in [1.54, 1.807) is 6.08 Å². The van der Waals surface area contributed by atoms with Crippen molar-refractivity contribution >= 4 is 46.5 Å². The van der Waals surface area contributed by atoms with Crippen molar-refractivity contribution in [2.24, 2.45) is 5.41 Å². The van der Waals surface area contributed by atoms with Crippen molar-refractivity contribution in [2.45, 2.75) is 53.6 Å². The monoisotopic (exact) mass is 406 g/mol. The summed E-state index contributed by atoms with van der Waals surface area (Å²) in [4.78, 5) is 38.7. The molecule has 1 N–H and O–H groups in total. The number of amides is 1. The first kappa shape index (κ1) is 21.3. The third-order valence-corrected chi connectivity index (χ3v) is 5.44. The quantitative estimate of drug-likeness (QED) is 0.846. The molecule has 0 unspecified atom stereocenters. The minimum Gasteiger partial charge on any atom is -0.350 e. The molecule has 0 atom stereocenters. The van der Waals surface area contributed by atoms with Gasteiger partial charge >= 0.3 is 0 Å². The Balaban J connectivity index is 2.57. The Morgan fingerprint density at radius 2 is 1.85 bits per heavy atom. The van der Waals surface area contributed by atoms with E-state index in [2.05, 4.69) is 5.32 Å². The van der Waals surface area contributed by atoms with E-state index >= 15 is 0 Å². The van der Waals surface area contributed by atoms with Gasteiger partial charge < -0.3 is 5.32 Å². The largest absolute Gasteiger partial charge is 0.350 e. The van der Waals surface area contributed by atoms with Crippen LogP contribution in [0.15, 0.2) is 22.3 Å². The molecule has 0 saturated heterocycles. The molecule has 0 aliphatic carbocycles. The Kier molecular flexibility index (Phi) is 6.27. The molecule has 2 aromatic heterocycles. The minimum atomic E-state index is -0.559.